The summed E-state index contributed by atoms with van der Waals surface area (Å²) in [6.45, 7) is 0.368. The van der Waals surface area contributed by atoms with Crippen LogP contribution < -0.4 is 10.2 Å². The van der Waals surface area contributed by atoms with Gasteiger partial charge in [-0.25, -0.2) is 5.43 Å². The van der Waals surface area contributed by atoms with Gasteiger partial charge in [-0.15, -0.1) is 0 Å². The van der Waals surface area contributed by atoms with Crippen molar-refractivity contribution in [1.29, 1.82) is 0 Å². The highest BCUT2D eigenvalue weighted by Crippen LogP contribution is 2.27. The van der Waals surface area contributed by atoms with Crippen LogP contribution in [0.1, 0.15) is 18.4 Å². The molecule has 2 aromatic carbocycles. The zero-order chi connectivity index (χ0) is 17.4. The van der Waals surface area contributed by atoms with Crippen molar-refractivity contribution in [2.45, 2.75) is 12.8 Å². The number of nitrogens with zero attached hydrogens (tertiary/aromatic N) is 1. The van der Waals surface area contributed by atoms with Crippen LogP contribution in [0.2, 0.25) is 15.1 Å². The van der Waals surface area contributed by atoms with Gasteiger partial charge in [0.05, 0.1) is 17.8 Å². The average Bonchev–Trinajstić information content (AvgIpc) is 2.53. The van der Waals surface area contributed by atoms with Gasteiger partial charge in [0.15, 0.2) is 0 Å². The van der Waals surface area contributed by atoms with E-state index in [9.17, 15) is 4.79 Å². The Morgan fingerprint density at radius 2 is 1.92 bits per heavy atom. The molecular formula is C17H15Cl3N2O2. The van der Waals surface area contributed by atoms with Crippen LogP contribution in [0.5, 0.6) is 5.75 Å². The highest BCUT2D eigenvalue weighted by atomic mass is 35.5. The van der Waals surface area contributed by atoms with Gasteiger partial charge in [0.2, 0.25) is 5.91 Å². The number of carbonyl (C=O) groups is 1. The third-order valence-corrected chi connectivity index (χ3v) is 3.72. The van der Waals surface area contributed by atoms with Crippen LogP contribution in [0.4, 0.5) is 0 Å². The molecule has 0 heterocycles. The standard InChI is InChI=1S/C17H15Cl3N2O2/c18-13-4-1-3-12(9-13)11-21-22-17(23)5-2-8-24-16-7-6-14(19)10-15(16)20/h1,3-4,6-7,9-11H,2,5,8H2,(H,22,23)/b21-11+. The zero-order valence-corrected chi connectivity index (χ0v) is 14.9. The summed E-state index contributed by atoms with van der Waals surface area (Å²) in [6, 6.07) is 12.2. The van der Waals surface area contributed by atoms with Crippen molar-refractivity contribution < 1.29 is 9.53 Å². The van der Waals surface area contributed by atoms with Crippen LogP contribution in [-0.4, -0.2) is 18.7 Å². The summed E-state index contributed by atoms with van der Waals surface area (Å²) in [6.07, 6.45) is 2.36. The van der Waals surface area contributed by atoms with E-state index in [1.165, 1.54) is 6.21 Å². The summed E-state index contributed by atoms with van der Waals surface area (Å²) in [5, 5.41) is 5.49. The van der Waals surface area contributed by atoms with Crippen LogP contribution in [0.15, 0.2) is 47.6 Å². The number of amides is 1. The minimum absolute atomic E-state index is 0.195. The number of halogens is 3. The van der Waals surface area contributed by atoms with Gasteiger partial charge in [-0.05, 0) is 42.3 Å². The van der Waals surface area contributed by atoms with E-state index < -0.39 is 0 Å². The summed E-state index contributed by atoms with van der Waals surface area (Å²) in [5.41, 5.74) is 3.27. The molecule has 0 bridgehead atoms. The molecule has 126 valence electrons. The molecule has 0 unspecified atom stereocenters. The van der Waals surface area contributed by atoms with Gasteiger partial charge in [-0.2, -0.15) is 5.10 Å². The van der Waals surface area contributed by atoms with Crippen molar-refractivity contribution >= 4 is 46.9 Å². The molecule has 0 fully saturated rings. The molecule has 1 N–H and O–H groups in total. The highest BCUT2D eigenvalue weighted by molar-refractivity contribution is 6.35. The Kier molecular flexibility index (Phi) is 7.37. The molecule has 0 aromatic heterocycles. The lowest BCUT2D eigenvalue weighted by molar-refractivity contribution is -0.121. The maximum Gasteiger partial charge on any atom is 0.240 e. The third kappa shape index (κ3) is 6.40. The molecule has 0 spiro atoms. The molecule has 2 rings (SSSR count). The van der Waals surface area contributed by atoms with Crippen molar-refractivity contribution in [1.82, 2.24) is 5.43 Å². The van der Waals surface area contributed by atoms with E-state index >= 15 is 0 Å². The summed E-state index contributed by atoms with van der Waals surface area (Å²) in [5.74, 6) is 0.347. The fourth-order valence-electron chi connectivity index (χ4n) is 1.83. The SMILES string of the molecule is O=C(CCCOc1ccc(Cl)cc1Cl)N/N=C/c1cccc(Cl)c1. The van der Waals surface area contributed by atoms with Gasteiger partial charge in [0.1, 0.15) is 5.75 Å². The van der Waals surface area contributed by atoms with E-state index in [1.54, 1.807) is 30.3 Å². The molecular weight excluding hydrogens is 371 g/mol. The first-order chi connectivity index (χ1) is 11.5. The fourth-order valence-corrected chi connectivity index (χ4v) is 2.49. The number of benzene rings is 2. The first kappa shape index (κ1) is 18.6. The molecule has 0 atom stereocenters. The summed E-state index contributed by atoms with van der Waals surface area (Å²) in [4.78, 5) is 11.7. The molecule has 24 heavy (non-hydrogen) atoms. The molecule has 7 heteroatoms. The Labute approximate surface area is 155 Å². The van der Waals surface area contributed by atoms with Crippen LogP contribution in [0.3, 0.4) is 0 Å². The van der Waals surface area contributed by atoms with E-state index in [1.807, 2.05) is 12.1 Å². The maximum absolute atomic E-state index is 11.7. The van der Waals surface area contributed by atoms with Crippen molar-refractivity contribution in [3.63, 3.8) is 0 Å². The van der Waals surface area contributed by atoms with Crippen molar-refractivity contribution in [2.75, 3.05) is 6.61 Å². The van der Waals surface area contributed by atoms with E-state index in [0.29, 0.717) is 33.8 Å². The average molecular weight is 386 g/mol. The number of hydrogen-bond donors (Lipinski definition) is 1. The molecule has 1 amide bonds. The van der Waals surface area contributed by atoms with Crippen molar-refractivity contribution in [3.8, 4) is 5.75 Å². The maximum atomic E-state index is 11.7. The van der Waals surface area contributed by atoms with Gasteiger partial charge in [0, 0.05) is 16.5 Å². The largest absolute Gasteiger partial charge is 0.492 e. The zero-order valence-electron chi connectivity index (χ0n) is 12.6. The summed E-state index contributed by atoms with van der Waals surface area (Å²) >= 11 is 17.7. The molecule has 0 saturated heterocycles. The van der Waals surface area contributed by atoms with Gasteiger partial charge in [-0.1, -0.05) is 46.9 Å². The topological polar surface area (TPSA) is 50.7 Å². The Hall–Kier alpha value is -1.75. The first-order valence-corrected chi connectivity index (χ1v) is 8.33. The van der Waals surface area contributed by atoms with E-state index in [0.717, 1.165) is 5.56 Å². The van der Waals surface area contributed by atoms with Crippen LogP contribution in [-0.2, 0) is 4.79 Å². The predicted octanol–water partition coefficient (Wildman–Crippen LogP) is 4.96. The number of nitrogens with one attached hydrogen (secondary N) is 1. The lowest BCUT2D eigenvalue weighted by Gasteiger charge is -2.07. The van der Waals surface area contributed by atoms with Gasteiger partial charge in [0.25, 0.3) is 0 Å². The van der Waals surface area contributed by atoms with E-state index in [4.69, 9.17) is 39.5 Å². The summed E-state index contributed by atoms with van der Waals surface area (Å²) in [7, 11) is 0. The number of rotatable bonds is 7. The molecule has 0 aliphatic rings. The first-order valence-electron chi connectivity index (χ1n) is 7.20. The van der Waals surface area contributed by atoms with Crippen LogP contribution >= 0.6 is 34.8 Å². The normalized spacial score (nSPS) is 10.8. The lowest BCUT2D eigenvalue weighted by Crippen LogP contribution is -2.18. The van der Waals surface area contributed by atoms with Gasteiger partial charge < -0.3 is 4.74 Å². The second-order valence-electron chi connectivity index (χ2n) is 4.87. The highest BCUT2D eigenvalue weighted by Gasteiger charge is 2.04. The van der Waals surface area contributed by atoms with Crippen molar-refractivity contribution in [3.05, 3.63) is 63.1 Å². The summed E-state index contributed by atoms with van der Waals surface area (Å²) < 4.78 is 5.51. The minimum Gasteiger partial charge on any atom is -0.492 e. The monoisotopic (exact) mass is 384 g/mol. The van der Waals surface area contributed by atoms with Crippen molar-refractivity contribution in [2.24, 2.45) is 5.10 Å². The minimum atomic E-state index is -0.195. The molecule has 0 aliphatic heterocycles. The third-order valence-electron chi connectivity index (χ3n) is 2.95. The van der Waals surface area contributed by atoms with Gasteiger partial charge >= 0.3 is 0 Å². The van der Waals surface area contributed by atoms with Crippen LogP contribution in [0.25, 0.3) is 0 Å². The predicted molar refractivity (Wildman–Crippen MR) is 98.4 cm³/mol. The molecule has 0 saturated carbocycles. The molecule has 0 radical (unpaired) electrons. The Balaban J connectivity index is 1.68. The lowest BCUT2D eigenvalue weighted by atomic mass is 10.2. The molecule has 2 aromatic rings. The van der Waals surface area contributed by atoms with Gasteiger partial charge in [-0.3, -0.25) is 4.79 Å². The van der Waals surface area contributed by atoms with E-state index in [2.05, 4.69) is 10.5 Å². The molecule has 4 nitrogen and oxygen atoms in total. The Morgan fingerprint density at radius 1 is 1.12 bits per heavy atom. The second kappa shape index (κ2) is 9.52. The van der Waals surface area contributed by atoms with E-state index in [-0.39, 0.29) is 12.3 Å². The smallest absolute Gasteiger partial charge is 0.240 e. The number of hydrogen-bond acceptors (Lipinski definition) is 3. The van der Waals surface area contributed by atoms with Crippen LogP contribution in [0, 0.1) is 0 Å². The number of carbonyl (C=O) groups excluding carboxylic acids is 1. The molecule has 0 aliphatic carbocycles. The Bertz CT molecular complexity index is 736. The second-order valence-corrected chi connectivity index (χ2v) is 6.16. The Morgan fingerprint density at radius 3 is 2.67 bits per heavy atom. The fraction of sp³-hybridized carbons (Fsp3) is 0.176. The number of hydrazone groups is 1. The quantitative estimate of drug-likeness (QED) is 0.416. The number of ether oxygens (including phenoxy) is 1.